The standard InChI is InChI=1S/C21H23Cl2FN2O2/c1-13(2)25-21(28)14(3)26(12-16-6-4-5-7-19(16)24)20(27)11-15-8-9-17(22)18(23)10-15/h4-10,13-14H,11-12H2,1-3H3,(H,25,28). The first-order chi connectivity index (χ1) is 13.2. The molecule has 4 nitrogen and oxygen atoms in total. The maximum Gasteiger partial charge on any atom is 0.242 e. The minimum atomic E-state index is -0.766. The lowest BCUT2D eigenvalue weighted by Crippen LogP contribution is -2.49. The second-order valence-corrected chi connectivity index (χ2v) is 7.69. The van der Waals surface area contributed by atoms with Gasteiger partial charge in [-0.1, -0.05) is 47.5 Å². The smallest absolute Gasteiger partial charge is 0.242 e. The van der Waals surface area contributed by atoms with Gasteiger partial charge in [0, 0.05) is 18.2 Å². The van der Waals surface area contributed by atoms with E-state index in [-0.39, 0.29) is 30.8 Å². The Bertz CT molecular complexity index is 858. The van der Waals surface area contributed by atoms with Crippen molar-refractivity contribution in [3.8, 4) is 0 Å². The molecule has 1 atom stereocenters. The van der Waals surface area contributed by atoms with E-state index < -0.39 is 11.9 Å². The molecule has 0 fully saturated rings. The van der Waals surface area contributed by atoms with E-state index in [1.165, 1.54) is 11.0 Å². The molecule has 0 saturated carbocycles. The van der Waals surface area contributed by atoms with Crippen LogP contribution in [0.1, 0.15) is 31.9 Å². The third-order valence-electron chi connectivity index (χ3n) is 4.24. The van der Waals surface area contributed by atoms with Crippen molar-refractivity contribution in [2.75, 3.05) is 0 Å². The zero-order chi connectivity index (χ0) is 20.8. The largest absolute Gasteiger partial charge is 0.352 e. The molecular weight excluding hydrogens is 402 g/mol. The Hall–Kier alpha value is -2.11. The highest BCUT2D eigenvalue weighted by molar-refractivity contribution is 6.42. The van der Waals surface area contributed by atoms with Gasteiger partial charge in [-0.15, -0.1) is 0 Å². The number of carbonyl (C=O) groups excluding carboxylic acids is 2. The normalized spacial score (nSPS) is 12.0. The number of rotatable bonds is 7. The van der Waals surface area contributed by atoms with Crippen molar-refractivity contribution < 1.29 is 14.0 Å². The lowest BCUT2D eigenvalue weighted by Gasteiger charge is -2.29. The molecule has 2 rings (SSSR count). The van der Waals surface area contributed by atoms with Crippen molar-refractivity contribution in [1.29, 1.82) is 0 Å². The van der Waals surface area contributed by atoms with Crippen LogP contribution in [0.3, 0.4) is 0 Å². The number of nitrogens with one attached hydrogen (secondary N) is 1. The fourth-order valence-electron chi connectivity index (χ4n) is 2.72. The van der Waals surface area contributed by atoms with Crippen LogP contribution in [0.4, 0.5) is 4.39 Å². The Labute approximate surface area is 174 Å². The summed E-state index contributed by atoms with van der Waals surface area (Å²) in [6.07, 6.45) is 0.0185. The second-order valence-electron chi connectivity index (χ2n) is 6.88. The molecule has 1 N–H and O–H groups in total. The first kappa shape index (κ1) is 22.2. The number of nitrogens with zero attached hydrogens (tertiary/aromatic N) is 1. The van der Waals surface area contributed by atoms with Gasteiger partial charge in [-0.2, -0.15) is 0 Å². The molecule has 0 spiro atoms. The molecule has 1 unspecified atom stereocenters. The first-order valence-electron chi connectivity index (χ1n) is 8.96. The molecule has 28 heavy (non-hydrogen) atoms. The van der Waals surface area contributed by atoms with Crippen molar-refractivity contribution in [3.05, 3.63) is 69.5 Å². The first-order valence-corrected chi connectivity index (χ1v) is 9.71. The number of carbonyl (C=O) groups is 2. The van der Waals surface area contributed by atoms with E-state index in [0.717, 1.165) is 0 Å². The van der Waals surface area contributed by atoms with Gasteiger partial charge in [0.15, 0.2) is 0 Å². The monoisotopic (exact) mass is 424 g/mol. The zero-order valence-electron chi connectivity index (χ0n) is 16.0. The van der Waals surface area contributed by atoms with Crippen LogP contribution in [0.2, 0.25) is 10.0 Å². The molecule has 0 aliphatic carbocycles. The molecule has 2 aromatic rings. The summed E-state index contributed by atoms with van der Waals surface area (Å²) < 4.78 is 14.1. The number of halogens is 3. The topological polar surface area (TPSA) is 49.4 Å². The molecule has 0 bridgehead atoms. The highest BCUT2D eigenvalue weighted by Gasteiger charge is 2.27. The Morgan fingerprint density at radius 1 is 1.07 bits per heavy atom. The summed E-state index contributed by atoms with van der Waals surface area (Å²) in [5.41, 5.74) is 1.00. The van der Waals surface area contributed by atoms with Crippen molar-refractivity contribution in [1.82, 2.24) is 10.2 Å². The van der Waals surface area contributed by atoms with E-state index in [9.17, 15) is 14.0 Å². The van der Waals surface area contributed by atoms with Crippen LogP contribution in [0.25, 0.3) is 0 Å². The number of amides is 2. The SMILES string of the molecule is CC(C)NC(=O)C(C)N(Cc1ccccc1F)C(=O)Cc1ccc(Cl)c(Cl)c1. The van der Waals surface area contributed by atoms with Gasteiger partial charge in [0.25, 0.3) is 0 Å². The quantitative estimate of drug-likeness (QED) is 0.704. The number of hydrogen-bond donors (Lipinski definition) is 1. The second kappa shape index (κ2) is 9.89. The van der Waals surface area contributed by atoms with Gasteiger partial charge in [0.05, 0.1) is 16.5 Å². The molecule has 7 heteroatoms. The Morgan fingerprint density at radius 3 is 2.36 bits per heavy atom. The van der Waals surface area contributed by atoms with Crippen LogP contribution in [0.5, 0.6) is 0 Å². The predicted octanol–water partition coefficient (Wildman–Crippen LogP) is 4.62. The average molecular weight is 425 g/mol. The van der Waals surface area contributed by atoms with Crippen LogP contribution in [0, 0.1) is 5.82 Å². The molecule has 0 radical (unpaired) electrons. The maximum absolute atomic E-state index is 14.1. The third kappa shape index (κ3) is 5.94. The van der Waals surface area contributed by atoms with E-state index in [1.54, 1.807) is 43.3 Å². The van der Waals surface area contributed by atoms with Gasteiger partial charge in [0.1, 0.15) is 11.9 Å². The van der Waals surface area contributed by atoms with Gasteiger partial charge in [-0.3, -0.25) is 9.59 Å². The Morgan fingerprint density at radius 2 is 1.75 bits per heavy atom. The number of benzene rings is 2. The molecule has 0 aromatic heterocycles. The van der Waals surface area contributed by atoms with E-state index in [0.29, 0.717) is 21.2 Å². The molecule has 0 aliphatic rings. The van der Waals surface area contributed by atoms with Gasteiger partial charge < -0.3 is 10.2 Å². The van der Waals surface area contributed by atoms with Crippen LogP contribution >= 0.6 is 23.2 Å². The minimum absolute atomic E-state index is 0.0144. The third-order valence-corrected chi connectivity index (χ3v) is 4.98. The zero-order valence-corrected chi connectivity index (χ0v) is 17.5. The summed E-state index contributed by atoms with van der Waals surface area (Å²) in [5, 5.41) is 3.53. The van der Waals surface area contributed by atoms with Crippen LogP contribution in [-0.2, 0) is 22.6 Å². The fraction of sp³-hybridized carbons (Fsp3) is 0.333. The van der Waals surface area contributed by atoms with Gasteiger partial charge in [-0.05, 0) is 44.5 Å². The Kier molecular flexibility index (Phi) is 7.84. The summed E-state index contributed by atoms with van der Waals surface area (Å²) >= 11 is 12.0. The van der Waals surface area contributed by atoms with Crippen molar-refractivity contribution in [2.45, 2.75) is 45.8 Å². The van der Waals surface area contributed by atoms with Gasteiger partial charge >= 0.3 is 0 Å². The average Bonchev–Trinajstić information content (AvgIpc) is 2.63. The molecule has 0 saturated heterocycles. The maximum atomic E-state index is 14.1. The molecule has 0 heterocycles. The summed E-state index contributed by atoms with van der Waals surface area (Å²) in [6, 6.07) is 10.3. The van der Waals surface area contributed by atoms with E-state index >= 15 is 0 Å². The van der Waals surface area contributed by atoms with Crippen LogP contribution < -0.4 is 5.32 Å². The highest BCUT2D eigenvalue weighted by atomic mass is 35.5. The van der Waals surface area contributed by atoms with Crippen LogP contribution in [-0.4, -0.2) is 28.8 Å². The minimum Gasteiger partial charge on any atom is -0.352 e. The predicted molar refractivity (Wildman–Crippen MR) is 110 cm³/mol. The van der Waals surface area contributed by atoms with E-state index in [2.05, 4.69) is 5.32 Å². The van der Waals surface area contributed by atoms with Crippen LogP contribution in [0.15, 0.2) is 42.5 Å². The lowest BCUT2D eigenvalue weighted by atomic mass is 10.1. The highest BCUT2D eigenvalue weighted by Crippen LogP contribution is 2.23. The fourth-order valence-corrected chi connectivity index (χ4v) is 3.04. The molecule has 2 aromatic carbocycles. The van der Waals surface area contributed by atoms with E-state index in [4.69, 9.17) is 23.2 Å². The summed E-state index contributed by atoms with van der Waals surface area (Å²) in [4.78, 5) is 26.9. The van der Waals surface area contributed by atoms with Crippen molar-refractivity contribution in [2.24, 2.45) is 0 Å². The summed E-state index contributed by atoms with van der Waals surface area (Å²) in [6.45, 7) is 5.29. The van der Waals surface area contributed by atoms with Crippen molar-refractivity contribution >= 4 is 35.0 Å². The van der Waals surface area contributed by atoms with E-state index in [1.807, 2.05) is 13.8 Å². The molecule has 150 valence electrons. The molecule has 2 amide bonds. The lowest BCUT2D eigenvalue weighted by molar-refractivity contribution is -0.140. The molecular formula is C21H23Cl2FN2O2. The van der Waals surface area contributed by atoms with Gasteiger partial charge in [-0.25, -0.2) is 4.39 Å². The van der Waals surface area contributed by atoms with Crippen molar-refractivity contribution in [3.63, 3.8) is 0 Å². The van der Waals surface area contributed by atoms with Gasteiger partial charge in [0.2, 0.25) is 11.8 Å². The summed E-state index contributed by atoms with van der Waals surface area (Å²) in [7, 11) is 0. The number of hydrogen-bond acceptors (Lipinski definition) is 2. The molecule has 0 aliphatic heterocycles. The Balaban J connectivity index is 2.27. The summed E-state index contributed by atoms with van der Waals surface area (Å²) in [5.74, 6) is -1.03.